The van der Waals surface area contributed by atoms with E-state index in [0.29, 0.717) is 11.5 Å². The molecule has 1 heterocycles. The third-order valence-electron chi connectivity index (χ3n) is 2.27. The molecule has 0 fully saturated rings. The van der Waals surface area contributed by atoms with Gasteiger partial charge in [0, 0.05) is 7.11 Å². The zero-order chi connectivity index (χ0) is 12.1. The molecule has 88 valence electrons. The van der Waals surface area contributed by atoms with Gasteiger partial charge >= 0.3 is 5.63 Å². The van der Waals surface area contributed by atoms with E-state index < -0.39 is 5.63 Å². The fourth-order valence-corrected chi connectivity index (χ4v) is 1.27. The number of methoxy groups -OCH3 is 2. The lowest BCUT2D eigenvalue weighted by atomic mass is 10.1. The van der Waals surface area contributed by atoms with Crippen molar-refractivity contribution in [3.05, 3.63) is 33.9 Å². The molecule has 0 radical (unpaired) electrons. The van der Waals surface area contributed by atoms with E-state index in [1.807, 2.05) is 19.1 Å². The van der Waals surface area contributed by atoms with Crippen LogP contribution in [0, 0.1) is 6.92 Å². The summed E-state index contributed by atoms with van der Waals surface area (Å²) in [6, 6.07) is 1.32. The molecule has 16 heavy (non-hydrogen) atoms. The average molecular weight is 224 g/mol. The number of rotatable bonds is 4. The van der Waals surface area contributed by atoms with Gasteiger partial charge in [-0.1, -0.05) is 6.08 Å². The molecule has 0 saturated carbocycles. The van der Waals surface area contributed by atoms with E-state index in [9.17, 15) is 4.79 Å². The summed E-state index contributed by atoms with van der Waals surface area (Å²) in [6.45, 7) is 3.64. The Kier molecular flexibility index (Phi) is 4.31. The van der Waals surface area contributed by atoms with E-state index in [1.54, 1.807) is 14.0 Å². The lowest BCUT2D eigenvalue weighted by Gasteiger charge is -2.07. The van der Waals surface area contributed by atoms with Gasteiger partial charge in [-0.15, -0.1) is 0 Å². The van der Waals surface area contributed by atoms with Crippen molar-refractivity contribution in [3.8, 4) is 5.75 Å². The van der Waals surface area contributed by atoms with Crippen LogP contribution in [0.3, 0.4) is 0 Å². The van der Waals surface area contributed by atoms with Crippen molar-refractivity contribution in [3.63, 3.8) is 0 Å². The quantitative estimate of drug-likeness (QED) is 0.784. The summed E-state index contributed by atoms with van der Waals surface area (Å²) in [5, 5.41) is 0. The van der Waals surface area contributed by atoms with Gasteiger partial charge < -0.3 is 13.9 Å². The fourth-order valence-electron chi connectivity index (χ4n) is 1.27. The molecule has 0 N–H and O–H groups in total. The first-order chi connectivity index (χ1) is 7.58. The summed E-state index contributed by atoms with van der Waals surface area (Å²) < 4.78 is 15.2. The maximum atomic E-state index is 11.1. The van der Waals surface area contributed by atoms with E-state index in [4.69, 9.17) is 13.9 Å². The molecule has 0 aliphatic carbocycles. The number of ether oxygens (including phenoxy) is 2. The van der Waals surface area contributed by atoms with Gasteiger partial charge in [-0.2, -0.15) is 0 Å². The molecule has 0 spiro atoms. The van der Waals surface area contributed by atoms with Gasteiger partial charge in [0.25, 0.3) is 0 Å². The Morgan fingerprint density at radius 3 is 2.69 bits per heavy atom. The average Bonchev–Trinajstić information content (AvgIpc) is 2.26. The first-order valence-electron chi connectivity index (χ1n) is 4.98. The summed E-state index contributed by atoms with van der Waals surface area (Å²) in [7, 11) is 3.15. The molecular formula is C12H16O4. The highest BCUT2D eigenvalue weighted by atomic mass is 16.5. The highest BCUT2D eigenvalue weighted by Gasteiger charge is 2.07. The van der Waals surface area contributed by atoms with Gasteiger partial charge in [-0.25, -0.2) is 4.79 Å². The summed E-state index contributed by atoms with van der Waals surface area (Å²) in [4.78, 5) is 11.1. The molecule has 1 aromatic heterocycles. The van der Waals surface area contributed by atoms with E-state index >= 15 is 0 Å². The van der Waals surface area contributed by atoms with Crippen molar-refractivity contribution in [2.24, 2.45) is 0 Å². The molecule has 0 aromatic carbocycles. The third kappa shape index (κ3) is 2.97. The zero-order valence-corrected chi connectivity index (χ0v) is 9.94. The summed E-state index contributed by atoms with van der Waals surface area (Å²) in [5.41, 5.74) is 0.345. The van der Waals surface area contributed by atoms with Gasteiger partial charge in [-0.05, 0) is 19.9 Å². The second-order valence-corrected chi connectivity index (χ2v) is 3.40. The van der Waals surface area contributed by atoms with E-state index in [-0.39, 0.29) is 6.10 Å². The summed E-state index contributed by atoms with van der Waals surface area (Å²) in [5.74, 6) is 1.04. The number of hydrogen-bond acceptors (Lipinski definition) is 4. The fraction of sp³-hybridized carbons (Fsp3) is 0.417. The molecule has 0 aliphatic rings. The maximum Gasteiger partial charge on any atom is 0.339 e. The molecule has 4 nitrogen and oxygen atoms in total. The van der Waals surface area contributed by atoms with Crippen LogP contribution >= 0.6 is 0 Å². The Bertz CT molecular complexity index is 431. The van der Waals surface area contributed by atoms with Crippen LogP contribution in [0.25, 0.3) is 6.08 Å². The molecule has 1 rings (SSSR count). The second-order valence-electron chi connectivity index (χ2n) is 3.40. The van der Waals surface area contributed by atoms with Gasteiger partial charge in [0.2, 0.25) is 0 Å². The van der Waals surface area contributed by atoms with E-state index in [2.05, 4.69) is 0 Å². The molecule has 1 aromatic rings. The minimum Gasteiger partial charge on any atom is -0.496 e. The Balaban J connectivity index is 3.12. The lowest BCUT2D eigenvalue weighted by Crippen LogP contribution is -2.03. The van der Waals surface area contributed by atoms with Crippen LogP contribution in [-0.4, -0.2) is 20.3 Å². The van der Waals surface area contributed by atoms with Crippen molar-refractivity contribution in [2.45, 2.75) is 20.0 Å². The van der Waals surface area contributed by atoms with Crippen LogP contribution in [-0.2, 0) is 4.74 Å². The Labute approximate surface area is 94.5 Å². The van der Waals surface area contributed by atoms with E-state index in [0.717, 1.165) is 5.56 Å². The Morgan fingerprint density at radius 1 is 1.44 bits per heavy atom. The van der Waals surface area contributed by atoms with E-state index in [1.165, 1.54) is 13.2 Å². The van der Waals surface area contributed by atoms with Crippen molar-refractivity contribution < 1.29 is 13.9 Å². The van der Waals surface area contributed by atoms with Crippen molar-refractivity contribution in [1.29, 1.82) is 0 Å². The van der Waals surface area contributed by atoms with Gasteiger partial charge in [-0.3, -0.25) is 0 Å². The molecule has 0 bridgehead atoms. The molecular weight excluding hydrogens is 208 g/mol. The number of hydrogen-bond donors (Lipinski definition) is 0. The van der Waals surface area contributed by atoms with Gasteiger partial charge in [0.1, 0.15) is 11.5 Å². The lowest BCUT2D eigenvalue weighted by molar-refractivity contribution is 0.157. The monoisotopic (exact) mass is 224 g/mol. The second kappa shape index (κ2) is 5.51. The Hall–Kier alpha value is -1.55. The van der Waals surface area contributed by atoms with Crippen molar-refractivity contribution in [2.75, 3.05) is 14.2 Å². The zero-order valence-electron chi connectivity index (χ0n) is 9.94. The first kappa shape index (κ1) is 12.5. The van der Waals surface area contributed by atoms with Crippen LogP contribution in [0.1, 0.15) is 18.2 Å². The SMILES string of the molecule is COc1cc(=O)oc(C)c1/C=C/C(C)OC. The highest BCUT2D eigenvalue weighted by Crippen LogP contribution is 2.21. The molecule has 0 amide bonds. The third-order valence-corrected chi connectivity index (χ3v) is 2.27. The topological polar surface area (TPSA) is 48.7 Å². The Morgan fingerprint density at radius 2 is 2.12 bits per heavy atom. The van der Waals surface area contributed by atoms with Crippen molar-refractivity contribution >= 4 is 6.08 Å². The van der Waals surface area contributed by atoms with Gasteiger partial charge in [0.05, 0.1) is 24.8 Å². The normalized spacial score (nSPS) is 13.0. The predicted molar refractivity (Wildman–Crippen MR) is 61.8 cm³/mol. The largest absolute Gasteiger partial charge is 0.496 e. The summed E-state index contributed by atoms with van der Waals surface area (Å²) in [6.07, 6.45) is 3.69. The molecule has 0 saturated heterocycles. The molecule has 1 unspecified atom stereocenters. The first-order valence-corrected chi connectivity index (χ1v) is 4.98. The summed E-state index contributed by atoms with van der Waals surface area (Å²) >= 11 is 0. The van der Waals surface area contributed by atoms with Crippen LogP contribution in [0.15, 0.2) is 21.4 Å². The smallest absolute Gasteiger partial charge is 0.339 e. The van der Waals surface area contributed by atoms with Crippen LogP contribution in [0.5, 0.6) is 5.75 Å². The minimum absolute atomic E-state index is 0.00367. The molecule has 4 heteroatoms. The standard InChI is InChI=1S/C12H16O4/c1-8(14-3)5-6-10-9(2)16-12(13)7-11(10)15-4/h5-8H,1-4H3/b6-5+. The molecule has 1 atom stereocenters. The number of aryl methyl sites for hydroxylation is 1. The van der Waals surface area contributed by atoms with Crippen LogP contribution < -0.4 is 10.4 Å². The van der Waals surface area contributed by atoms with Crippen LogP contribution in [0.4, 0.5) is 0 Å². The van der Waals surface area contributed by atoms with Gasteiger partial charge in [0.15, 0.2) is 0 Å². The van der Waals surface area contributed by atoms with Crippen molar-refractivity contribution in [1.82, 2.24) is 0 Å². The van der Waals surface area contributed by atoms with Crippen LogP contribution in [0.2, 0.25) is 0 Å². The predicted octanol–water partition coefficient (Wildman–Crippen LogP) is 2.00. The highest BCUT2D eigenvalue weighted by molar-refractivity contribution is 5.58. The minimum atomic E-state index is -0.411. The molecule has 0 aliphatic heterocycles. The maximum absolute atomic E-state index is 11.1.